The molecule has 1 N–H and O–H groups in total. The zero-order valence-corrected chi connectivity index (χ0v) is 18.4. The molecule has 0 radical (unpaired) electrons. The third-order valence-corrected chi connectivity index (χ3v) is 5.41. The number of hydrogen-bond donors (Lipinski definition) is 1. The van der Waals surface area contributed by atoms with E-state index in [4.69, 9.17) is 9.47 Å². The van der Waals surface area contributed by atoms with Crippen LogP contribution in [0.1, 0.15) is 52.0 Å². The first kappa shape index (κ1) is 21.4. The number of amides is 4. The number of benzene rings is 1. The van der Waals surface area contributed by atoms with E-state index in [2.05, 4.69) is 21.2 Å². The Kier molecular flexibility index (Phi) is 6.62. The van der Waals surface area contributed by atoms with Gasteiger partial charge in [-0.2, -0.15) is 0 Å². The molecule has 8 heteroatoms. The lowest BCUT2D eigenvalue weighted by molar-refractivity contribution is -0.131. The van der Waals surface area contributed by atoms with E-state index < -0.39 is 17.8 Å². The van der Waals surface area contributed by atoms with Gasteiger partial charge < -0.3 is 9.47 Å². The molecule has 1 aliphatic heterocycles. The predicted molar refractivity (Wildman–Crippen MR) is 112 cm³/mol. The molecule has 2 aliphatic rings. The maximum Gasteiger partial charge on any atom is 0.331 e. The van der Waals surface area contributed by atoms with Gasteiger partial charge in [0.25, 0.3) is 11.8 Å². The van der Waals surface area contributed by atoms with Gasteiger partial charge in [0.15, 0.2) is 11.5 Å². The molecule has 29 heavy (non-hydrogen) atoms. The summed E-state index contributed by atoms with van der Waals surface area (Å²) in [7, 11) is 0. The van der Waals surface area contributed by atoms with Crippen molar-refractivity contribution in [3.8, 4) is 11.5 Å². The van der Waals surface area contributed by atoms with Crippen LogP contribution in [-0.2, 0) is 9.59 Å². The van der Waals surface area contributed by atoms with Crippen molar-refractivity contribution < 1.29 is 23.9 Å². The van der Waals surface area contributed by atoms with Crippen molar-refractivity contribution in [2.75, 3.05) is 6.61 Å². The number of carbonyl (C=O) groups is 3. The third-order valence-electron chi connectivity index (χ3n) is 4.82. The highest BCUT2D eigenvalue weighted by atomic mass is 79.9. The molecule has 156 valence electrons. The second kappa shape index (κ2) is 8.98. The van der Waals surface area contributed by atoms with E-state index in [0.29, 0.717) is 28.1 Å². The number of nitrogens with one attached hydrogen (secondary N) is 1. The number of ether oxygens (including phenoxy) is 2. The second-order valence-electron chi connectivity index (χ2n) is 7.36. The largest absolute Gasteiger partial charge is 0.490 e. The van der Waals surface area contributed by atoms with Crippen molar-refractivity contribution in [1.82, 2.24) is 10.2 Å². The second-order valence-corrected chi connectivity index (χ2v) is 8.21. The predicted octanol–water partition coefficient (Wildman–Crippen LogP) is 4.04. The molecular weight excluding hydrogens is 440 g/mol. The van der Waals surface area contributed by atoms with Crippen LogP contribution in [0.4, 0.5) is 4.79 Å². The Morgan fingerprint density at radius 2 is 1.93 bits per heavy atom. The Morgan fingerprint density at radius 3 is 2.55 bits per heavy atom. The normalized spacial score (nSPS) is 19.3. The summed E-state index contributed by atoms with van der Waals surface area (Å²) >= 11 is 3.48. The van der Waals surface area contributed by atoms with Crippen LogP contribution in [0.2, 0.25) is 0 Å². The van der Waals surface area contributed by atoms with Crippen molar-refractivity contribution in [1.29, 1.82) is 0 Å². The molecule has 1 saturated carbocycles. The van der Waals surface area contributed by atoms with E-state index >= 15 is 0 Å². The zero-order valence-electron chi connectivity index (χ0n) is 16.8. The van der Waals surface area contributed by atoms with Gasteiger partial charge in [-0.05, 0) is 73.3 Å². The third kappa shape index (κ3) is 4.63. The summed E-state index contributed by atoms with van der Waals surface area (Å²) in [5.74, 6) is -0.172. The summed E-state index contributed by atoms with van der Waals surface area (Å²) in [6.07, 6.45) is 4.90. The van der Waals surface area contributed by atoms with Crippen LogP contribution in [0.15, 0.2) is 22.2 Å². The van der Waals surface area contributed by atoms with E-state index in [-0.39, 0.29) is 17.7 Å². The van der Waals surface area contributed by atoms with Crippen LogP contribution in [0, 0.1) is 0 Å². The van der Waals surface area contributed by atoms with Gasteiger partial charge in [0.05, 0.1) is 17.2 Å². The van der Waals surface area contributed by atoms with Crippen molar-refractivity contribution >= 4 is 39.9 Å². The number of urea groups is 1. The molecule has 0 spiro atoms. The number of hydrogen-bond acceptors (Lipinski definition) is 5. The van der Waals surface area contributed by atoms with E-state index in [0.717, 1.165) is 25.7 Å². The van der Waals surface area contributed by atoms with E-state index in [9.17, 15) is 14.4 Å². The molecule has 1 heterocycles. The fourth-order valence-corrected chi connectivity index (χ4v) is 4.17. The van der Waals surface area contributed by atoms with E-state index in [1.165, 1.54) is 11.0 Å². The van der Waals surface area contributed by atoms with Crippen molar-refractivity contribution in [2.24, 2.45) is 0 Å². The molecule has 0 aromatic heterocycles. The molecule has 1 aromatic rings. The van der Waals surface area contributed by atoms with Gasteiger partial charge in [-0.15, -0.1) is 0 Å². The zero-order chi connectivity index (χ0) is 21.1. The van der Waals surface area contributed by atoms with Gasteiger partial charge in [0, 0.05) is 6.04 Å². The summed E-state index contributed by atoms with van der Waals surface area (Å²) in [4.78, 5) is 38.8. The lowest BCUT2D eigenvalue weighted by Crippen LogP contribution is -2.57. The van der Waals surface area contributed by atoms with Gasteiger partial charge in [-0.1, -0.05) is 12.8 Å². The number of carbonyl (C=O) groups excluding carboxylic acids is 3. The van der Waals surface area contributed by atoms with Crippen LogP contribution < -0.4 is 14.8 Å². The maximum absolute atomic E-state index is 13.0. The maximum atomic E-state index is 13.0. The van der Waals surface area contributed by atoms with Crippen molar-refractivity contribution in [3.63, 3.8) is 0 Å². The first-order valence-corrected chi connectivity index (χ1v) is 10.6. The molecular formula is C21H25BrN2O5. The Hall–Kier alpha value is -2.35. The first-order chi connectivity index (χ1) is 13.8. The minimum atomic E-state index is -0.689. The highest BCUT2D eigenvalue weighted by molar-refractivity contribution is 9.10. The summed E-state index contributed by atoms with van der Waals surface area (Å²) < 4.78 is 12.2. The summed E-state index contributed by atoms with van der Waals surface area (Å²) in [6.45, 7) is 6.13. The smallest absolute Gasteiger partial charge is 0.331 e. The average molecular weight is 465 g/mol. The Balaban J connectivity index is 1.97. The molecule has 1 saturated heterocycles. The molecule has 0 bridgehead atoms. The Morgan fingerprint density at radius 1 is 1.24 bits per heavy atom. The van der Waals surface area contributed by atoms with Crippen LogP contribution in [0.5, 0.6) is 11.5 Å². The molecule has 0 atom stereocenters. The quantitative estimate of drug-likeness (QED) is 0.507. The number of imide groups is 2. The number of rotatable bonds is 6. The van der Waals surface area contributed by atoms with Gasteiger partial charge in [-0.3, -0.25) is 19.8 Å². The fraction of sp³-hybridized carbons (Fsp3) is 0.476. The molecule has 4 amide bonds. The SMILES string of the molecule is CCOc1cc(/C=C2\C(=O)NC(=O)N(C3CCCC3)C2=O)cc(Br)c1OC(C)C. The first-order valence-electron chi connectivity index (χ1n) is 9.85. The molecule has 2 fully saturated rings. The van der Waals surface area contributed by atoms with Crippen molar-refractivity contribution in [2.45, 2.75) is 58.6 Å². The van der Waals surface area contributed by atoms with Crippen LogP contribution in [-0.4, -0.2) is 41.5 Å². The number of halogens is 1. The van der Waals surface area contributed by atoms with Crippen LogP contribution >= 0.6 is 15.9 Å². The minimum absolute atomic E-state index is 0.0496. The Labute approximate surface area is 178 Å². The topological polar surface area (TPSA) is 84.9 Å². The molecule has 7 nitrogen and oxygen atoms in total. The van der Waals surface area contributed by atoms with Gasteiger partial charge in [0.2, 0.25) is 0 Å². The lowest BCUT2D eigenvalue weighted by Gasteiger charge is -2.31. The fourth-order valence-electron chi connectivity index (χ4n) is 3.62. The highest BCUT2D eigenvalue weighted by Crippen LogP contribution is 2.38. The number of nitrogens with zero attached hydrogens (tertiary/aromatic N) is 1. The Bertz CT molecular complexity index is 859. The summed E-state index contributed by atoms with van der Waals surface area (Å²) in [5.41, 5.74) is 0.527. The van der Waals surface area contributed by atoms with Gasteiger partial charge in [0.1, 0.15) is 5.57 Å². The molecule has 1 aliphatic carbocycles. The summed E-state index contributed by atoms with van der Waals surface area (Å²) in [5, 5.41) is 2.29. The summed E-state index contributed by atoms with van der Waals surface area (Å²) in [6, 6.07) is 2.67. The van der Waals surface area contributed by atoms with Crippen LogP contribution in [0.25, 0.3) is 6.08 Å². The molecule has 1 aromatic carbocycles. The molecule has 0 unspecified atom stereocenters. The highest BCUT2D eigenvalue weighted by Gasteiger charge is 2.40. The standard InChI is InChI=1S/C21H25BrN2O5/c1-4-28-17-11-13(10-16(22)18(17)29-12(2)3)9-15-19(25)23-21(27)24(20(15)26)14-7-5-6-8-14/h9-12,14H,4-8H2,1-3H3,(H,23,25,27)/b15-9+. The average Bonchev–Trinajstić information content (AvgIpc) is 3.15. The molecule has 3 rings (SSSR count). The van der Waals surface area contributed by atoms with Gasteiger partial charge in [-0.25, -0.2) is 4.79 Å². The minimum Gasteiger partial charge on any atom is -0.490 e. The van der Waals surface area contributed by atoms with E-state index in [1.807, 2.05) is 20.8 Å². The van der Waals surface area contributed by atoms with Crippen molar-refractivity contribution in [3.05, 3.63) is 27.7 Å². The monoisotopic (exact) mass is 464 g/mol. The lowest BCUT2D eigenvalue weighted by atomic mass is 10.0. The van der Waals surface area contributed by atoms with E-state index in [1.54, 1.807) is 12.1 Å². The van der Waals surface area contributed by atoms with Gasteiger partial charge >= 0.3 is 6.03 Å². The number of barbiturate groups is 1. The van der Waals surface area contributed by atoms with Crippen LogP contribution in [0.3, 0.4) is 0 Å².